The van der Waals surface area contributed by atoms with Crippen LogP contribution in [0.3, 0.4) is 0 Å². The van der Waals surface area contributed by atoms with E-state index in [0.717, 1.165) is 0 Å². The second-order valence-corrected chi connectivity index (χ2v) is 5.38. The van der Waals surface area contributed by atoms with Gasteiger partial charge in [0.1, 0.15) is 11.7 Å². The Labute approximate surface area is 133 Å². The fraction of sp³-hybridized carbons (Fsp3) is 0.200. The highest BCUT2D eigenvalue weighted by Gasteiger charge is 2.40. The van der Waals surface area contributed by atoms with Gasteiger partial charge in [0.05, 0.1) is 11.6 Å². The van der Waals surface area contributed by atoms with E-state index in [0.29, 0.717) is 17.1 Å². The van der Waals surface area contributed by atoms with Crippen molar-refractivity contribution >= 4 is 11.7 Å². The largest absolute Gasteiger partial charge is 0.454 e. The molecular formula is C15H10N4O5. The van der Waals surface area contributed by atoms with Crippen LogP contribution in [0.4, 0.5) is 5.82 Å². The van der Waals surface area contributed by atoms with Gasteiger partial charge in [-0.05, 0) is 17.7 Å². The molecule has 0 radical (unpaired) electrons. The maximum absolute atomic E-state index is 12.3. The number of rotatable bonds is 1. The summed E-state index contributed by atoms with van der Waals surface area (Å²) in [5, 5.41) is 11.8. The molecular weight excluding hydrogens is 316 g/mol. The molecule has 2 aliphatic heterocycles. The fourth-order valence-corrected chi connectivity index (χ4v) is 3.01. The number of aromatic amines is 2. The normalized spacial score (nSPS) is 20.9. The molecule has 9 nitrogen and oxygen atoms in total. The fourth-order valence-electron chi connectivity index (χ4n) is 3.01. The summed E-state index contributed by atoms with van der Waals surface area (Å²) in [6.45, 7) is 0.0795. The number of anilines is 1. The number of carbonyl (C=O) groups is 1. The molecule has 1 amide bonds. The lowest BCUT2D eigenvalue weighted by Crippen LogP contribution is -2.40. The van der Waals surface area contributed by atoms with Crippen LogP contribution in [0.1, 0.15) is 17.0 Å². The van der Waals surface area contributed by atoms with Crippen LogP contribution in [0.5, 0.6) is 11.5 Å². The van der Waals surface area contributed by atoms with Gasteiger partial charge in [-0.2, -0.15) is 5.26 Å². The molecule has 2 aromatic rings. The first-order valence-corrected chi connectivity index (χ1v) is 7.05. The Morgan fingerprint density at radius 3 is 2.71 bits per heavy atom. The Morgan fingerprint density at radius 2 is 1.92 bits per heavy atom. The first-order valence-electron chi connectivity index (χ1n) is 7.05. The van der Waals surface area contributed by atoms with Gasteiger partial charge in [-0.15, -0.1) is 0 Å². The zero-order valence-corrected chi connectivity index (χ0v) is 12.1. The van der Waals surface area contributed by atoms with Crippen molar-refractivity contribution in [1.82, 2.24) is 9.97 Å². The van der Waals surface area contributed by atoms with Crippen molar-refractivity contribution in [1.29, 1.82) is 5.26 Å². The van der Waals surface area contributed by atoms with E-state index in [2.05, 4.69) is 15.3 Å². The van der Waals surface area contributed by atoms with Crippen molar-refractivity contribution in [3.8, 4) is 17.6 Å². The predicted octanol–water partition coefficient (Wildman–Crippen LogP) is 0.0157. The molecule has 2 aliphatic rings. The molecule has 1 aromatic carbocycles. The van der Waals surface area contributed by atoms with E-state index in [9.17, 15) is 19.6 Å². The number of hydrogen-bond donors (Lipinski definition) is 3. The molecule has 3 heterocycles. The van der Waals surface area contributed by atoms with E-state index < -0.39 is 29.0 Å². The third-order valence-corrected chi connectivity index (χ3v) is 4.05. The summed E-state index contributed by atoms with van der Waals surface area (Å²) in [5.74, 6) is -1.53. The number of H-pyrrole nitrogens is 2. The Kier molecular flexibility index (Phi) is 2.93. The first-order chi connectivity index (χ1) is 11.6. The number of benzene rings is 1. The molecule has 9 heteroatoms. The van der Waals surface area contributed by atoms with Crippen molar-refractivity contribution in [2.24, 2.45) is 5.92 Å². The summed E-state index contributed by atoms with van der Waals surface area (Å²) in [5.41, 5.74) is -0.727. The van der Waals surface area contributed by atoms with Crippen molar-refractivity contribution in [2.45, 2.75) is 5.92 Å². The van der Waals surface area contributed by atoms with E-state index in [4.69, 9.17) is 9.47 Å². The maximum Gasteiger partial charge on any atom is 0.327 e. The minimum absolute atomic E-state index is 0.00270. The second-order valence-electron chi connectivity index (χ2n) is 5.38. The second kappa shape index (κ2) is 4.99. The van der Waals surface area contributed by atoms with E-state index in [-0.39, 0.29) is 18.2 Å². The highest BCUT2D eigenvalue weighted by atomic mass is 16.7. The monoisotopic (exact) mass is 326 g/mol. The molecule has 120 valence electrons. The Balaban J connectivity index is 1.96. The van der Waals surface area contributed by atoms with Crippen LogP contribution < -0.4 is 26.0 Å². The first kappa shape index (κ1) is 14.1. The maximum atomic E-state index is 12.3. The smallest absolute Gasteiger partial charge is 0.327 e. The van der Waals surface area contributed by atoms with Gasteiger partial charge in [-0.3, -0.25) is 19.6 Å². The van der Waals surface area contributed by atoms with E-state index in [1.54, 1.807) is 18.2 Å². The highest BCUT2D eigenvalue weighted by molar-refractivity contribution is 5.97. The number of nitrogens with zero attached hydrogens (tertiary/aromatic N) is 1. The summed E-state index contributed by atoms with van der Waals surface area (Å²) >= 11 is 0. The lowest BCUT2D eigenvalue weighted by molar-refractivity contribution is -0.119. The molecule has 3 N–H and O–H groups in total. The van der Waals surface area contributed by atoms with Crippen molar-refractivity contribution in [3.05, 3.63) is 50.2 Å². The van der Waals surface area contributed by atoms with Gasteiger partial charge >= 0.3 is 5.69 Å². The van der Waals surface area contributed by atoms with E-state index in [1.807, 2.05) is 6.07 Å². The molecule has 0 spiro atoms. The van der Waals surface area contributed by atoms with Gasteiger partial charge in [0.25, 0.3) is 5.56 Å². The van der Waals surface area contributed by atoms with Crippen molar-refractivity contribution in [3.63, 3.8) is 0 Å². The van der Waals surface area contributed by atoms with Crippen LogP contribution in [0, 0.1) is 17.2 Å². The van der Waals surface area contributed by atoms with Crippen LogP contribution in [-0.4, -0.2) is 22.7 Å². The van der Waals surface area contributed by atoms with Crippen molar-refractivity contribution < 1.29 is 14.3 Å². The number of fused-ring (bicyclic) bond motifs is 2. The van der Waals surface area contributed by atoms with Gasteiger partial charge in [-0.1, -0.05) is 6.07 Å². The van der Waals surface area contributed by atoms with Crippen LogP contribution in [0.25, 0.3) is 0 Å². The number of nitriles is 1. The quantitative estimate of drug-likeness (QED) is 0.675. The Hall–Kier alpha value is -3.54. The third-order valence-electron chi connectivity index (χ3n) is 4.05. The summed E-state index contributed by atoms with van der Waals surface area (Å²) in [6, 6.07) is 6.87. The van der Waals surface area contributed by atoms with Crippen LogP contribution in [0.2, 0.25) is 0 Å². The Bertz CT molecular complexity index is 1020. The molecule has 0 saturated heterocycles. The zero-order chi connectivity index (χ0) is 16.8. The van der Waals surface area contributed by atoms with E-state index >= 15 is 0 Å². The molecule has 2 unspecified atom stereocenters. The average Bonchev–Trinajstić information content (AvgIpc) is 3.00. The van der Waals surface area contributed by atoms with Gasteiger partial charge in [0, 0.05) is 5.92 Å². The number of hydrogen-bond acceptors (Lipinski definition) is 6. The summed E-state index contributed by atoms with van der Waals surface area (Å²) in [6.07, 6.45) is 0. The standard InChI is InChI=1S/C15H10N4O5/c16-4-7-10(6-1-2-8-9(3-6)24-5-23-8)11-12(17-13(7)20)18-15(22)19-14(11)21/h1-3,7,10H,5H2,(H3,17,18,19,20,21,22). The van der Waals surface area contributed by atoms with E-state index in [1.165, 1.54) is 0 Å². The minimum Gasteiger partial charge on any atom is -0.454 e. The lowest BCUT2D eigenvalue weighted by Gasteiger charge is -2.28. The number of amides is 1. The SMILES string of the molecule is N#CC1C(=O)Nc2[nH]c(=O)[nH]c(=O)c2C1c1ccc2c(c1)OCO2. The topological polar surface area (TPSA) is 137 Å². The molecule has 4 rings (SSSR count). The number of ether oxygens (including phenoxy) is 2. The average molecular weight is 326 g/mol. The summed E-state index contributed by atoms with van der Waals surface area (Å²) in [7, 11) is 0. The molecule has 0 aliphatic carbocycles. The predicted molar refractivity (Wildman–Crippen MR) is 79.8 cm³/mol. The molecule has 0 fully saturated rings. The zero-order valence-electron chi connectivity index (χ0n) is 12.1. The number of nitrogens with one attached hydrogen (secondary N) is 3. The van der Waals surface area contributed by atoms with Gasteiger partial charge in [-0.25, -0.2) is 4.79 Å². The molecule has 1 aromatic heterocycles. The molecule has 24 heavy (non-hydrogen) atoms. The molecule has 0 saturated carbocycles. The minimum atomic E-state index is -1.12. The van der Waals surface area contributed by atoms with Gasteiger partial charge in [0.15, 0.2) is 11.5 Å². The van der Waals surface area contributed by atoms with Crippen molar-refractivity contribution in [2.75, 3.05) is 12.1 Å². The van der Waals surface area contributed by atoms with Crippen LogP contribution in [-0.2, 0) is 4.79 Å². The molecule has 0 bridgehead atoms. The summed E-state index contributed by atoms with van der Waals surface area (Å²) in [4.78, 5) is 40.4. The summed E-state index contributed by atoms with van der Waals surface area (Å²) < 4.78 is 10.6. The third kappa shape index (κ3) is 1.97. The lowest BCUT2D eigenvalue weighted by atomic mass is 9.79. The van der Waals surface area contributed by atoms with Crippen LogP contribution in [0.15, 0.2) is 27.8 Å². The number of aromatic nitrogens is 2. The highest BCUT2D eigenvalue weighted by Crippen LogP contribution is 2.41. The van der Waals surface area contributed by atoms with Gasteiger partial charge in [0.2, 0.25) is 12.7 Å². The van der Waals surface area contributed by atoms with Gasteiger partial charge < -0.3 is 14.8 Å². The number of carbonyl (C=O) groups excluding carboxylic acids is 1. The Morgan fingerprint density at radius 1 is 1.12 bits per heavy atom. The van der Waals surface area contributed by atoms with Crippen LogP contribution >= 0.6 is 0 Å². The molecule has 2 atom stereocenters.